The standard InChI is InChI=1S/C14H14BrNS/c1-10(11-6-8-12(16)9-7-11)17-14-5-3-2-4-13(14)15/h2-10H,16H2,1H3. The first-order valence-corrected chi connectivity index (χ1v) is 7.10. The van der Waals surface area contributed by atoms with Gasteiger partial charge in [0.15, 0.2) is 0 Å². The Labute approximate surface area is 115 Å². The van der Waals surface area contributed by atoms with Crippen molar-refractivity contribution in [1.82, 2.24) is 0 Å². The maximum atomic E-state index is 5.69. The smallest absolute Gasteiger partial charge is 0.0316 e. The third-order valence-corrected chi connectivity index (χ3v) is 4.74. The van der Waals surface area contributed by atoms with E-state index in [-0.39, 0.29) is 0 Å². The fraction of sp³-hybridized carbons (Fsp3) is 0.143. The first-order chi connectivity index (χ1) is 8.16. The van der Waals surface area contributed by atoms with Crippen LogP contribution in [-0.2, 0) is 0 Å². The molecule has 0 fully saturated rings. The third kappa shape index (κ3) is 3.27. The van der Waals surface area contributed by atoms with Crippen molar-refractivity contribution >= 4 is 33.4 Å². The van der Waals surface area contributed by atoms with Gasteiger partial charge in [0.25, 0.3) is 0 Å². The largest absolute Gasteiger partial charge is 0.399 e. The van der Waals surface area contributed by atoms with Crippen LogP contribution in [0.25, 0.3) is 0 Å². The Balaban J connectivity index is 2.14. The lowest BCUT2D eigenvalue weighted by molar-refractivity contribution is 1.09. The SMILES string of the molecule is CC(Sc1ccccc1Br)c1ccc(N)cc1. The maximum Gasteiger partial charge on any atom is 0.0316 e. The van der Waals surface area contributed by atoms with E-state index in [2.05, 4.69) is 53.2 Å². The maximum absolute atomic E-state index is 5.69. The molecule has 1 nitrogen and oxygen atoms in total. The van der Waals surface area contributed by atoms with Crippen LogP contribution in [0.1, 0.15) is 17.7 Å². The van der Waals surface area contributed by atoms with Crippen LogP contribution in [0.15, 0.2) is 57.9 Å². The summed E-state index contributed by atoms with van der Waals surface area (Å²) in [6, 6.07) is 16.4. The molecule has 1 atom stereocenters. The molecule has 0 aliphatic rings. The molecule has 0 heterocycles. The predicted molar refractivity (Wildman–Crippen MR) is 79.3 cm³/mol. The van der Waals surface area contributed by atoms with E-state index >= 15 is 0 Å². The van der Waals surface area contributed by atoms with Gasteiger partial charge in [-0.25, -0.2) is 0 Å². The average molecular weight is 308 g/mol. The molecule has 0 bridgehead atoms. The van der Waals surface area contributed by atoms with Gasteiger partial charge in [-0.2, -0.15) is 0 Å². The number of halogens is 1. The molecule has 0 aliphatic heterocycles. The Bertz CT molecular complexity index is 496. The van der Waals surface area contributed by atoms with Crippen molar-refractivity contribution in [3.63, 3.8) is 0 Å². The second-order valence-corrected chi connectivity index (χ2v) is 6.09. The van der Waals surface area contributed by atoms with Crippen molar-refractivity contribution in [3.05, 3.63) is 58.6 Å². The lowest BCUT2D eigenvalue weighted by atomic mass is 10.1. The molecule has 1 unspecified atom stereocenters. The van der Waals surface area contributed by atoms with Gasteiger partial charge in [-0.3, -0.25) is 0 Å². The van der Waals surface area contributed by atoms with Crippen LogP contribution in [0.5, 0.6) is 0 Å². The van der Waals surface area contributed by atoms with Crippen LogP contribution in [0, 0.1) is 0 Å². The summed E-state index contributed by atoms with van der Waals surface area (Å²) in [7, 11) is 0. The van der Waals surface area contributed by atoms with Crippen molar-refractivity contribution < 1.29 is 0 Å². The van der Waals surface area contributed by atoms with E-state index in [1.54, 1.807) is 0 Å². The van der Waals surface area contributed by atoms with Gasteiger partial charge in [-0.05, 0) is 52.7 Å². The highest BCUT2D eigenvalue weighted by molar-refractivity contribution is 9.10. The molecule has 0 saturated carbocycles. The summed E-state index contributed by atoms with van der Waals surface area (Å²) in [4.78, 5) is 1.26. The Morgan fingerprint density at radius 2 is 1.71 bits per heavy atom. The highest BCUT2D eigenvalue weighted by Gasteiger charge is 2.08. The van der Waals surface area contributed by atoms with Gasteiger partial charge in [0.2, 0.25) is 0 Å². The van der Waals surface area contributed by atoms with Crippen LogP contribution in [0.2, 0.25) is 0 Å². The number of rotatable bonds is 3. The predicted octanol–water partition coefficient (Wildman–Crippen LogP) is 4.88. The molecule has 0 radical (unpaired) electrons. The zero-order valence-corrected chi connectivity index (χ0v) is 12.0. The van der Waals surface area contributed by atoms with Gasteiger partial charge >= 0.3 is 0 Å². The Hall–Kier alpha value is -0.930. The molecule has 0 aliphatic carbocycles. The van der Waals surface area contributed by atoms with Crippen molar-refractivity contribution in [2.45, 2.75) is 17.1 Å². The quantitative estimate of drug-likeness (QED) is 0.645. The average Bonchev–Trinajstić information content (AvgIpc) is 2.33. The molecular weight excluding hydrogens is 294 g/mol. The molecule has 17 heavy (non-hydrogen) atoms. The van der Waals surface area contributed by atoms with Crippen LogP contribution in [0.4, 0.5) is 5.69 Å². The summed E-state index contributed by atoms with van der Waals surface area (Å²) >= 11 is 5.41. The van der Waals surface area contributed by atoms with E-state index < -0.39 is 0 Å². The van der Waals surface area contributed by atoms with Crippen molar-refractivity contribution in [2.24, 2.45) is 0 Å². The molecule has 2 aromatic carbocycles. The number of hydrogen-bond acceptors (Lipinski definition) is 2. The number of thioether (sulfide) groups is 1. The fourth-order valence-electron chi connectivity index (χ4n) is 1.57. The lowest BCUT2D eigenvalue weighted by Gasteiger charge is -2.12. The zero-order chi connectivity index (χ0) is 12.3. The first-order valence-electron chi connectivity index (χ1n) is 5.43. The lowest BCUT2D eigenvalue weighted by Crippen LogP contribution is -1.90. The summed E-state index contributed by atoms with van der Waals surface area (Å²) < 4.78 is 1.15. The summed E-state index contributed by atoms with van der Waals surface area (Å²) in [5, 5.41) is 0.411. The van der Waals surface area contributed by atoms with Gasteiger partial charge in [0.1, 0.15) is 0 Å². The number of anilines is 1. The van der Waals surface area contributed by atoms with E-state index in [1.807, 2.05) is 30.0 Å². The molecule has 0 saturated heterocycles. The van der Waals surface area contributed by atoms with E-state index in [0.717, 1.165) is 10.2 Å². The molecule has 2 N–H and O–H groups in total. The second-order valence-electron chi connectivity index (χ2n) is 3.86. The molecule has 0 spiro atoms. The van der Waals surface area contributed by atoms with Gasteiger partial charge in [0.05, 0.1) is 0 Å². The molecule has 0 amide bonds. The van der Waals surface area contributed by atoms with E-state index in [1.165, 1.54) is 10.5 Å². The molecule has 3 heteroatoms. The minimum atomic E-state index is 0.411. The highest BCUT2D eigenvalue weighted by Crippen LogP contribution is 2.38. The number of hydrogen-bond donors (Lipinski definition) is 1. The topological polar surface area (TPSA) is 26.0 Å². The van der Waals surface area contributed by atoms with E-state index in [4.69, 9.17) is 5.73 Å². The van der Waals surface area contributed by atoms with Gasteiger partial charge in [-0.15, -0.1) is 11.8 Å². The molecular formula is C14H14BrNS. The van der Waals surface area contributed by atoms with Crippen molar-refractivity contribution in [1.29, 1.82) is 0 Å². The molecule has 2 rings (SSSR count). The molecule has 88 valence electrons. The minimum Gasteiger partial charge on any atom is -0.399 e. The fourth-order valence-corrected chi connectivity index (χ4v) is 3.14. The van der Waals surface area contributed by atoms with Gasteiger partial charge in [-0.1, -0.05) is 24.3 Å². The molecule has 0 aromatic heterocycles. The Morgan fingerprint density at radius 3 is 2.35 bits per heavy atom. The van der Waals surface area contributed by atoms with Crippen LogP contribution < -0.4 is 5.73 Å². The Morgan fingerprint density at radius 1 is 1.06 bits per heavy atom. The first kappa shape index (κ1) is 12.5. The molecule has 2 aromatic rings. The van der Waals surface area contributed by atoms with Gasteiger partial charge in [0, 0.05) is 20.3 Å². The highest BCUT2D eigenvalue weighted by atomic mass is 79.9. The van der Waals surface area contributed by atoms with E-state index in [0.29, 0.717) is 5.25 Å². The Kier molecular flexibility index (Phi) is 4.13. The number of nitrogen functional groups attached to an aromatic ring is 1. The van der Waals surface area contributed by atoms with Crippen molar-refractivity contribution in [2.75, 3.05) is 5.73 Å². The zero-order valence-electron chi connectivity index (χ0n) is 9.56. The normalized spacial score (nSPS) is 12.4. The van der Waals surface area contributed by atoms with Gasteiger partial charge < -0.3 is 5.73 Å². The van der Waals surface area contributed by atoms with E-state index in [9.17, 15) is 0 Å². The minimum absolute atomic E-state index is 0.411. The summed E-state index contributed by atoms with van der Waals surface area (Å²) in [5.74, 6) is 0. The van der Waals surface area contributed by atoms with Crippen LogP contribution in [-0.4, -0.2) is 0 Å². The number of benzene rings is 2. The van der Waals surface area contributed by atoms with Crippen LogP contribution >= 0.6 is 27.7 Å². The summed E-state index contributed by atoms with van der Waals surface area (Å²) in [6.45, 7) is 2.20. The summed E-state index contributed by atoms with van der Waals surface area (Å²) in [6.07, 6.45) is 0. The van der Waals surface area contributed by atoms with Crippen LogP contribution in [0.3, 0.4) is 0 Å². The number of nitrogens with two attached hydrogens (primary N) is 1. The second kappa shape index (κ2) is 5.61. The third-order valence-electron chi connectivity index (χ3n) is 2.55. The summed E-state index contributed by atoms with van der Waals surface area (Å²) in [5.41, 5.74) is 7.79. The monoisotopic (exact) mass is 307 g/mol. The van der Waals surface area contributed by atoms with Crippen molar-refractivity contribution in [3.8, 4) is 0 Å².